The minimum absolute atomic E-state index is 0.430. The molecule has 110 valence electrons. The van der Waals surface area contributed by atoms with E-state index in [1.807, 2.05) is 30.3 Å². The van der Waals surface area contributed by atoms with Crippen molar-refractivity contribution in [3.05, 3.63) is 60.2 Å². The average molecular weight is 284 g/mol. The van der Waals surface area contributed by atoms with Gasteiger partial charge in [0.15, 0.2) is 0 Å². The van der Waals surface area contributed by atoms with Gasteiger partial charge in [0.2, 0.25) is 0 Å². The number of ether oxygens (including phenoxy) is 1. The van der Waals surface area contributed by atoms with Gasteiger partial charge in [0.25, 0.3) is 0 Å². The van der Waals surface area contributed by atoms with E-state index in [4.69, 9.17) is 0 Å². The van der Waals surface area contributed by atoms with Gasteiger partial charge in [-0.1, -0.05) is 37.3 Å². The number of hydrogen-bond acceptors (Lipinski definition) is 3. The molecule has 21 heavy (non-hydrogen) atoms. The zero-order valence-electron chi connectivity index (χ0n) is 12.3. The molecule has 0 spiro atoms. The highest BCUT2D eigenvalue weighted by molar-refractivity contribution is 5.84. The number of benzene rings is 2. The van der Waals surface area contributed by atoms with E-state index in [9.17, 15) is 4.79 Å². The molecule has 2 rings (SSSR count). The highest BCUT2D eigenvalue weighted by atomic mass is 16.5. The summed E-state index contributed by atoms with van der Waals surface area (Å²) in [7, 11) is 1.34. The van der Waals surface area contributed by atoms with Crippen molar-refractivity contribution in [1.29, 1.82) is 0 Å². The smallest absolute Gasteiger partial charge is 0.411 e. The lowest BCUT2D eigenvalue weighted by atomic mass is 10.0. The van der Waals surface area contributed by atoms with Gasteiger partial charge >= 0.3 is 6.09 Å². The van der Waals surface area contributed by atoms with Crippen molar-refractivity contribution in [2.45, 2.75) is 12.8 Å². The Hall–Kier alpha value is -2.49. The summed E-state index contributed by atoms with van der Waals surface area (Å²) in [5.74, 6) is 0.430. The highest BCUT2D eigenvalue weighted by Crippen LogP contribution is 2.18. The Bertz CT molecular complexity index is 567. The summed E-state index contributed by atoms with van der Waals surface area (Å²) in [5.41, 5.74) is 3.05. The first kappa shape index (κ1) is 14.9. The van der Waals surface area contributed by atoms with Gasteiger partial charge in [-0.25, -0.2) is 4.79 Å². The molecule has 1 amide bonds. The lowest BCUT2D eigenvalue weighted by Crippen LogP contribution is -2.11. The van der Waals surface area contributed by atoms with Crippen LogP contribution in [0.1, 0.15) is 18.4 Å². The molecular formula is C17H20N2O2. The van der Waals surface area contributed by atoms with Gasteiger partial charge in [-0.15, -0.1) is 0 Å². The minimum atomic E-state index is -0.464. The Labute approximate surface area is 125 Å². The van der Waals surface area contributed by atoms with Crippen molar-refractivity contribution < 1.29 is 9.53 Å². The Balaban J connectivity index is 1.87. The predicted octanol–water partition coefficient (Wildman–Crippen LogP) is 4.08. The van der Waals surface area contributed by atoms with Crippen LogP contribution in [0.4, 0.5) is 16.2 Å². The fourth-order valence-electron chi connectivity index (χ4n) is 2.01. The summed E-state index contributed by atoms with van der Waals surface area (Å²) in [6.45, 7) is 3.04. The molecule has 2 N–H and O–H groups in total. The van der Waals surface area contributed by atoms with Gasteiger partial charge in [0.05, 0.1) is 7.11 Å². The summed E-state index contributed by atoms with van der Waals surface area (Å²) in [4.78, 5) is 11.1. The van der Waals surface area contributed by atoms with E-state index >= 15 is 0 Å². The number of amides is 1. The van der Waals surface area contributed by atoms with E-state index in [1.54, 1.807) is 0 Å². The molecule has 1 atom stereocenters. The highest BCUT2D eigenvalue weighted by Gasteiger charge is 2.05. The summed E-state index contributed by atoms with van der Waals surface area (Å²) < 4.78 is 4.55. The quantitative estimate of drug-likeness (QED) is 0.869. The van der Waals surface area contributed by atoms with Crippen molar-refractivity contribution >= 4 is 17.5 Å². The average Bonchev–Trinajstić information content (AvgIpc) is 2.54. The third-order valence-electron chi connectivity index (χ3n) is 3.30. The molecule has 0 aliphatic rings. The molecule has 0 saturated carbocycles. The van der Waals surface area contributed by atoms with E-state index in [2.05, 4.69) is 46.6 Å². The maximum Gasteiger partial charge on any atom is 0.411 e. The number of hydrogen-bond donors (Lipinski definition) is 2. The summed E-state index contributed by atoms with van der Waals surface area (Å²) in [6.07, 6.45) is -0.464. The molecule has 1 unspecified atom stereocenters. The van der Waals surface area contributed by atoms with Crippen LogP contribution in [0.15, 0.2) is 54.6 Å². The number of carbonyl (C=O) groups excluding carboxylic acids is 1. The van der Waals surface area contributed by atoms with Gasteiger partial charge in [0.1, 0.15) is 0 Å². The van der Waals surface area contributed by atoms with Gasteiger partial charge in [-0.2, -0.15) is 0 Å². The van der Waals surface area contributed by atoms with Crippen LogP contribution in [0, 0.1) is 0 Å². The Morgan fingerprint density at radius 1 is 1.05 bits per heavy atom. The first-order valence-electron chi connectivity index (χ1n) is 6.93. The van der Waals surface area contributed by atoms with Crippen LogP contribution in [0.2, 0.25) is 0 Å². The van der Waals surface area contributed by atoms with Crippen molar-refractivity contribution in [3.8, 4) is 0 Å². The molecule has 0 bridgehead atoms. The van der Waals surface area contributed by atoms with E-state index < -0.39 is 6.09 Å². The second-order valence-corrected chi connectivity index (χ2v) is 4.89. The second kappa shape index (κ2) is 7.33. The van der Waals surface area contributed by atoms with Crippen molar-refractivity contribution in [2.24, 2.45) is 0 Å². The third kappa shape index (κ3) is 4.53. The van der Waals surface area contributed by atoms with Crippen molar-refractivity contribution in [2.75, 3.05) is 24.3 Å². The number of anilines is 2. The first-order chi connectivity index (χ1) is 10.2. The molecule has 0 aliphatic carbocycles. The van der Waals surface area contributed by atoms with Crippen LogP contribution in [0.3, 0.4) is 0 Å². The van der Waals surface area contributed by atoms with Crippen LogP contribution in [-0.4, -0.2) is 19.7 Å². The Morgan fingerprint density at radius 3 is 2.29 bits per heavy atom. The van der Waals surface area contributed by atoms with Crippen LogP contribution in [0.25, 0.3) is 0 Å². The SMILES string of the molecule is COC(=O)Nc1ccc(NCC(C)c2ccccc2)cc1. The number of carbonyl (C=O) groups is 1. The molecule has 0 saturated heterocycles. The largest absolute Gasteiger partial charge is 0.453 e. The van der Waals surface area contributed by atoms with Gasteiger partial charge in [-0.05, 0) is 35.7 Å². The minimum Gasteiger partial charge on any atom is -0.453 e. The Morgan fingerprint density at radius 2 is 1.67 bits per heavy atom. The van der Waals surface area contributed by atoms with E-state index in [0.29, 0.717) is 11.6 Å². The molecule has 0 fully saturated rings. The standard InChI is InChI=1S/C17H20N2O2/c1-13(14-6-4-3-5-7-14)12-18-15-8-10-16(11-9-15)19-17(20)21-2/h3-11,13,18H,12H2,1-2H3,(H,19,20). The Kier molecular flexibility index (Phi) is 5.21. The monoisotopic (exact) mass is 284 g/mol. The maximum atomic E-state index is 11.1. The van der Waals surface area contributed by atoms with E-state index in [1.165, 1.54) is 12.7 Å². The maximum absolute atomic E-state index is 11.1. The van der Waals surface area contributed by atoms with Gasteiger partial charge in [0, 0.05) is 17.9 Å². The van der Waals surface area contributed by atoms with Gasteiger partial charge < -0.3 is 10.1 Å². The fourth-order valence-corrected chi connectivity index (χ4v) is 2.01. The summed E-state index contributed by atoms with van der Waals surface area (Å²) in [6, 6.07) is 17.9. The van der Waals surface area contributed by atoms with Gasteiger partial charge in [-0.3, -0.25) is 5.32 Å². The van der Waals surface area contributed by atoms with Crippen LogP contribution in [-0.2, 0) is 4.74 Å². The molecule has 2 aromatic rings. The van der Waals surface area contributed by atoms with E-state index in [0.717, 1.165) is 12.2 Å². The number of rotatable bonds is 5. The van der Waals surface area contributed by atoms with Crippen LogP contribution in [0.5, 0.6) is 0 Å². The topological polar surface area (TPSA) is 50.4 Å². The molecule has 0 aliphatic heterocycles. The molecular weight excluding hydrogens is 264 g/mol. The molecule has 0 radical (unpaired) electrons. The molecule has 4 heteroatoms. The first-order valence-corrected chi connectivity index (χ1v) is 6.93. The lowest BCUT2D eigenvalue weighted by molar-refractivity contribution is 0.187. The predicted molar refractivity (Wildman–Crippen MR) is 85.8 cm³/mol. The van der Waals surface area contributed by atoms with Crippen molar-refractivity contribution in [1.82, 2.24) is 0 Å². The zero-order chi connectivity index (χ0) is 15.1. The second-order valence-electron chi connectivity index (χ2n) is 4.89. The normalized spacial score (nSPS) is 11.5. The molecule has 4 nitrogen and oxygen atoms in total. The third-order valence-corrected chi connectivity index (χ3v) is 3.30. The number of nitrogens with one attached hydrogen (secondary N) is 2. The van der Waals surface area contributed by atoms with Crippen molar-refractivity contribution in [3.63, 3.8) is 0 Å². The van der Waals surface area contributed by atoms with E-state index in [-0.39, 0.29) is 0 Å². The fraction of sp³-hybridized carbons (Fsp3) is 0.235. The molecule has 0 heterocycles. The summed E-state index contributed by atoms with van der Waals surface area (Å²) in [5, 5.41) is 6.01. The van der Waals surface area contributed by atoms with Crippen LogP contribution < -0.4 is 10.6 Å². The molecule has 0 aromatic heterocycles. The molecule has 2 aromatic carbocycles. The zero-order valence-corrected chi connectivity index (χ0v) is 12.3. The number of methoxy groups -OCH3 is 1. The van der Waals surface area contributed by atoms with Crippen LogP contribution >= 0.6 is 0 Å². The summed E-state index contributed by atoms with van der Waals surface area (Å²) >= 11 is 0. The lowest BCUT2D eigenvalue weighted by Gasteiger charge is -2.14.